The highest BCUT2D eigenvalue weighted by molar-refractivity contribution is 14.1. The number of carbonyl (C=O) groups excluding carboxylic acids is 2. The maximum atomic E-state index is 11.9. The number of methoxy groups -OCH3 is 1. The SMILES string of the molecule is COC(=O)c1ccc(NC(=O)CNc2ccccc2I)cc1. The molecule has 0 bridgehead atoms. The summed E-state index contributed by atoms with van der Waals surface area (Å²) in [6.07, 6.45) is 0. The highest BCUT2D eigenvalue weighted by atomic mass is 127. The van der Waals surface area contributed by atoms with Crippen LogP contribution < -0.4 is 10.6 Å². The van der Waals surface area contributed by atoms with Gasteiger partial charge >= 0.3 is 5.97 Å². The molecule has 0 saturated heterocycles. The molecule has 22 heavy (non-hydrogen) atoms. The first-order valence-corrected chi connectivity index (χ1v) is 7.64. The number of anilines is 2. The Hall–Kier alpha value is -2.09. The highest BCUT2D eigenvalue weighted by Crippen LogP contribution is 2.16. The molecule has 0 spiro atoms. The fourth-order valence-electron chi connectivity index (χ4n) is 1.79. The van der Waals surface area contributed by atoms with E-state index in [9.17, 15) is 9.59 Å². The van der Waals surface area contributed by atoms with Gasteiger partial charge in [-0.05, 0) is 59.0 Å². The van der Waals surface area contributed by atoms with Crippen LogP contribution in [0.2, 0.25) is 0 Å². The molecule has 0 aliphatic carbocycles. The monoisotopic (exact) mass is 410 g/mol. The topological polar surface area (TPSA) is 67.4 Å². The number of ether oxygens (including phenoxy) is 1. The van der Waals surface area contributed by atoms with Crippen molar-refractivity contribution in [1.29, 1.82) is 0 Å². The zero-order chi connectivity index (χ0) is 15.9. The third kappa shape index (κ3) is 4.45. The lowest BCUT2D eigenvalue weighted by Gasteiger charge is -2.09. The summed E-state index contributed by atoms with van der Waals surface area (Å²) < 4.78 is 5.67. The van der Waals surface area contributed by atoms with Crippen LogP contribution in [0.1, 0.15) is 10.4 Å². The van der Waals surface area contributed by atoms with E-state index < -0.39 is 5.97 Å². The quantitative estimate of drug-likeness (QED) is 0.587. The summed E-state index contributed by atoms with van der Waals surface area (Å²) in [5.74, 6) is -0.566. The van der Waals surface area contributed by atoms with Crippen LogP contribution in [-0.2, 0) is 9.53 Å². The number of amides is 1. The number of rotatable bonds is 5. The van der Waals surface area contributed by atoms with Crippen LogP contribution in [0, 0.1) is 3.57 Å². The average molecular weight is 410 g/mol. The van der Waals surface area contributed by atoms with Gasteiger partial charge in [-0.15, -0.1) is 0 Å². The summed E-state index contributed by atoms with van der Waals surface area (Å²) in [6, 6.07) is 14.3. The fraction of sp³-hybridized carbons (Fsp3) is 0.125. The van der Waals surface area contributed by atoms with Crippen molar-refractivity contribution in [3.8, 4) is 0 Å². The molecule has 0 aliphatic heterocycles. The predicted octanol–water partition coefficient (Wildman–Crippen LogP) is 3.13. The van der Waals surface area contributed by atoms with Gasteiger partial charge in [0.05, 0.1) is 19.2 Å². The van der Waals surface area contributed by atoms with E-state index in [0.29, 0.717) is 11.3 Å². The molecule has 2 aromatic rings. The van der Waals surface area contributed by atoms with Crippen molar-refractivity contribution in [3.63, 3.8) is 0 Å². The van der Waals surface area contributed by atoms with E-state index in [1.54, 1.807) is 24.3 Å². The number of hydrogen-bond acceptors (Lipinski definition) is 4. The zero-order valence-corrected chi connectivity index (χ0v) is 14.1. The van der Waals surface area contributed by atoms with Gasteiger partial charge in [0.25, 0.3) is 0 Å². The van der Waals surface area contributed by atoms with Gasteiger partial charge < -0.3 is 15.4 Å². The Morgan fingerprint density at radius 2 is 1.77 bits per heavy atom. The maximum Gasteiger partial charge on any atom is 0.337 e. The summed E-state index contributed by atoms with van der Waals surface area (Å²) in [4.78, 5) is 23.2. The first-order chi connectivity index (χ1) is 10.6. The average Bonchev–Trinajstić information content (AvgIpc) is 2.54. The number of benzene rings is 2. The van der Waals surface area contributed by atoms with Gasteiger partial charge in [-0.2, -0.15) is 0 Å². The second-order valence-electron chi connectivity index (χ2n) is 4.45. The molecule has 6 heteroatoms. The molecule has 0 unspecified atom stereocenters. The van der Waals surface area contributed by atoms with Gasteiger partial charge in [0.1, 0.15) is 0 Å². The largest absolute Gasteiger partial charge is 0.465 e. The number of nitrogens with one attached hydrogen (secondary N) is 2. The normalized spacial score (nSPS) is 9.91. The first-order valence-electron chi connectivity index (χ1n) is 6.57. The molecule has 2 rings (SSSR count). The van der Waals surface area contributed by atoms with E-state index in [4.69, 9.17) is 0 Å². The van der Waals surface area contributed by atoms with Crippen LogP contribution in [0.25, 0.3) is 0 Å². The van der Waals surface area contributed by atoms with Crippen molar-refractivity contribution in [2.75, 3.05) is 24.3 Å². The molecule has 2 N–H and O–H groups in total. The molecule has 0 fully saturated rings. The van der Waals surface area contributed by atoms with E-state index in [1.165, 1.54) is 7.11 Å². The van der Waals surface area contributed by atoms with Crippen LogP contribution in [-0.4, -0.2) is 25.5 Å². The Morgan fingerprint density at radius 1 is 1.09 bits per heavy atom. The second kappa shape index (κ2) is 7.79. The van der Waals surface area contributed by atoms with E-state index >= 15 is 0 Å². The number of para-hydroxylation sites is 1. The first kappa shape index (κ1) is 16.3. The van der Waals surface area contributed by atoms with E-state index in [0.717, 1.165) is 9.26 Å². The fourth-order valence-corrected chi connectivity index (χ4v) is 2.37. The smallest absolute Gasteiger partial charge is 0.337 e. The maximum absolute atomic E-state index is 11.9. The summed E-state index contributed by atoms with van der Waals surface area (Å²) in [7, 11) is 1.33. The molecule has 2 aromatic carbocycles. The van der Waals surface area contributed by atoms with Crippen LogP contribution in [0.5, 0.6) is 0 Å². The number of carbonyl (C=O) groups is 2. The molecule has 0 atom stereocenters. The van der Waals surface area contributed by atoms with Crippen LogP contribution in [0.3, 0.4) is 0 Å². The summed E-state index contributed by atoms with van der Waals surface area (Å²) in [5, 5.41) is 5.84. The van der Waals surface area contributed by atoms with Gasteiger partial charge in [0, 0.05) is 14.9 Å². The van der Waals surface area contributed by atoms with Gasteiger partial charge in [-0.1, -0.05) is 12.1 Å². The molecule has 0 radical (unpaired) electrons. The molecular formula is C16H15IN2O3. The van der Waals surface area contributed by atoms with E-state index in [-0.39, 0.29) is 12.5 Å². The molecule has 114 valence electrons. The molecule has 0 aliphatic rings. The van der Waals surface area contributed by atoms with Gasteiger partial charge in [0.15, 0.2) is 0 Å². The summed E-state index contributed by atoms with van der Waals surface area (Å²) in [5.41, 5.74) is 1.99. The summed E-state index contributed by atoms with van der Waals surface area (Å²) >= 11 is 2.21. The Balaban J connectivity index is 1.89. The minimum Gasteiger partial charge on any atom is -0.465 e. The lowest BCUT2D eigenvalue weighted by Crippen LogP contribution is -2.22. The van der Waals surface area contributed by atoms with Crippen LogP contribution >= 0.6 is 22.6 Å². The molecule has 1 amide bonds. The number of hydrogen-bond donors (Lipinski definition) is 2. The molecule has 0 heterocycles. The lowest BCUT2D eigenvalue weighted by molar-refractivity contribution is -0.114. The number of esters is 1. The highest BCUT2D eigenvalue weighted by Gasteiger charge is 2.07. The minimum absolute atomic E-state index is 0.162. The third-order valence-electron chi connectivity index (χ3n) is 2.90. The van der Waals surface area contributed by atoms with Crippen molar-refractivity contribution >= 4 is 45.8 Å². The predicted molar refractivity (Wildman–Crippen MR) is 94.1 cm³/mol. The Bertz CT molecular complexity index is 671. The third-order valence-corrected chi connectivity index (χ3v) is 3.84. The Morgan fingerprint density at radius 3 is 2.41 bits per heavy atom. The van der Waals surface area contributed by atoms with Crippen molar-refractivity contribution in [2.45, 2.75) is 0 Å². The number of halogens is 1. The molecular weight excluding hydrogens is 395 g/mol. The van der Waals surface area contributed by atoms with Gasteiger partial charge in [-0.25, -0.2) is 4.79 Å². The van der Waals surface area contributed by atoms with Gasteiger partial charge in [-0.3, -0.25) is 4.79 Å². The van der Waals surface area contributed by atoms with Crippen molar-refractivity contribution < 1.29 is 14.3 Å². The Labute approximate surface area is 142 Å². The molecule has 0 saturated carbocycles. The van der Waals surface area contributed by atoms with E-state index in [2.05, 4.69) is 38.0 Å². The van der Waals surface area contributed by atoms with Gasteiger partial charge in [0.2, 0.25) is 5.91 Å². The van der Waals surface area contributed by atoms with Crippen molar-refractivity contribution in [2.24, 2.45) is 0 Å². The van der Waals surface area contributed by atoms with Crippen molar-refractivity contribution in [1.82, 2.24) is 0 Å². The summed E-state index contributed by atoms with van der Waals surface area (Å²) in [6.45, 7) is 0.165. The second-order valence-corrected chi connectivity index (χ2v) is 5.61. The van der Waals surface area contributed by atoms with Crippen molar-refractivity contribution in [3.05, 3.63) is 57.7 Å². The lowest BCUT2D eigenvalue weighted by atomic mass is 10.2. The molecule has 5 nitrogen and oxygen atoms in total. The van der Waals surface area contributed by atoms with E-state index in [1.807, 2.05) is 24.3 Å². The standard InChI is InChI=1S/C16H15IN2O3/c1-22-16(21)11-6-8-12(9-7-11)19-15(20)10-18-14-5-3-2-4-13(14)17/h2-9,18H,10H2,1H3,(H,19,20). The zero-order valence-electron chi connectivity index (χ0n) is 11.9. The van der Waals surface area contributed by atoms with Crippen LogP contribution in [0.4, 0.5) is 11.4 Å². The minimum atomic E-state index is -0.404. The Kier molecular flexibility index (Phi) is 5.76. The van der Waals surface area contributed by atoms with Crippen LogP contribution in [0.15, 0.2) is 48.5 Å². The molecule has 0 aromatic heterocycles.